The maximum absolute atomic E-state index is 12.3. The van der Waals surface area contributed by atoms with Crippen LogP contribution in [-0.4, -0.2) is 50.8 Å². The Hall–Kier alpha value is -2.75. The second-order valence-electron chi connectivity index (χ2n) is 8.37. The fourth-order valence-corrected chi connectivity index (χ4v) is 4.42. The minimum atomic E-state index is -0.145. The predicted octanol–water partition coefficient (Wildman–Crippen LogP) is 2.33. The topological polar surface area (TPSA) is 117 Å². The number of hydrogen-bond donors (Lipinski definition) is 2. The number of amides is 1. The van der Waals surface area contributed by atoms with Crippen LogP contribution < -0.4 is 15.5 Å². The number of halogens is 1. The molecule has 2 N–H and O–H groups in total. The van der Waals surface area contributed by atoms with E-state index in [1.165, 1.54) is 0 Å². The molecule has 158 valence electrons. The highest BCUT2D eigenvalue weighted by atomic mass is 35.5. The lowest BCUT2D eigenvalue weighted by Crippen LogP contribution is -2.51. The summed E-state index contributed by atoms with van der Waals surface area (Å²) in [5.74, 6) is 2.02. The van der Waals surface area contributed by atoms with E-state index in [0.29, 0.717) is 41.5 Å². The molecule has 3 aliphatic rings. The average Bonchev–Trinajstić information content (AvgIpc) is 3.64. The zero-order valence-electron chi connectivity index (χ0n) is 16.4. The molecular weight excluding hydrogens is 408 g/mol. The smallest absolute Gasteiger partial charge is 0.229 e. The van der Waals surface area contributed by atoms with E-state index >= 15 is 0 Å². The van der Waals surface area contributed by atoms with Crippen molar-refractivity contribution in [3.8, 4) is 0 Å². The van der Waals surface area contributed by atoms with Crippen LogP contribution in [0.1, 0.15) is 25.7 Å². The molecule has 1 saturated heterocycles. The molecule has 3 heterocycles. The van der Waals surface area contributed by atoms with Crippen LogP contribution in [0.2, 0.25) is 5.02 Å². The molecule has 2 aliphatic carbocycles. The van der Waals surface area contributed by atoms with Crippen LogP contribution in [0.4, 0.5) is 17.5 Å². The highest BCUT2D eigenvalue weighted by Crippen LogP contribution is 2.51. The number of piperidine rings is 1. The molecule has 30 heavy (non-hydrogen) atoms. The van der Waals surface area contributed by atoms with E-state index in [4.69, 9.17) is 11.6 Å². The van der Waals surface area contributed by atoms with Crippen LogP contribution in [-0.2, 0) is 11.3 Å². The van der Waals surface area contributed by atoms with Crippen molar-refractivity contribution in [3.05, 3.63) is 28.5 Å². The van der Waals surface area contributed by atoms with Gasteiger partial charge in [0.1, 0.15) is 11.6 Å². The summed E-state index contributed by atoms with van der Waals surface area (Å²) >= 11 is 6.43. The van der Waals surface area contributed by atoms with E-state index in [0.717, 1.165) is 32.2 Å². The Morgan fingerprint density at radius 3 is 3.00 bits per heavy atom. The van der Waals surface area contributed by atoms with E-state index in [1.54, 1.807) is 23.3 Å². The third-order valence-corrected chi connectivity index (χ3v) is 6.37. The second-order valence-corrected chi connectivity index (χ2v) is 8.77. The molecule has 2 atom stereocenters. The summed E-state index contributed by atoms with van der Waals surface area (Å²) in [4.78, 5) is 33.6. The Kier molecular flexibility index (Phi) is 4.80. The van der Waals surface area contributed by atoms with Gasteiger partial charge in [-0.2, -0.15) is 15.0 Å². The summed E-state index contributed by atoms with van der Waals surface area (Å²) in [5, 5.41) is 13.9. The van der Waals surface area contributed by atoms with Crippen molar-refractivity contribution in [3.63, 3.8) is 0 Å². The van der Waals surface area contributed by atoms with Crippen molar-refractivity contribution in [2.75, 3.05) is 29.9 Å². The van der Waals surface area contributed by atoms with Gasteiger partial charge < -0.3 is 15.5 Å². The van der Waals surface area contributed by atoms with Gasteiger partial charge in [0.25, 0.3) is 0 Å². The van der Waals surface area contributed by atoms with E-state index in [1.807, 2.05) is 0 Å². The van der Waals surface area contributed by atoms with E-state index in [2.05, 4.69) is 35.8 Å². The van der Waals surface area contributed by atoms with E-state index in [-0.39, 0.29) is 23.9 Å². The van der Waals surface area contributed by atoms with Gasteiger partial charge in [0, 0.05) is 25.2 Å². The highest BCUT2D eigenvalue weighted by molar-refractivity contribution is 6.32. The molecule has 0 bridgehead atoms. The first-order valence-electron chi connectivity index (χ1n) is 10.2. The van der Waals surface area contributed by atoms with Crippen LogP contribution in [0, 0.1) is 16.7 Å². The number of aromatic nitrogens is 4. The Bertz CT molecular complexity index is 977. The van der Waals surface area contributed by atoms with Gasteiger partial charge in [-0.1, -0.05) is 16.8 Å². The summed E-state index contributed by atoms with van der Waals surface area (Å²) in [6.45, 7) is 2.14. The van der Waals surface area contributed by atoms with Gasteiger partial charge in [0.2, 0.25) is 11.9 Å². The van der Waals surface area contributed by atoms with Gasteiger partial charge in [-0.3, -0.25) is 9.48 Å². The number of hydrogen-bond acceptors (Lipinski definition) is 8. The first kappa shape index (κ1) is 19.2. The Morgan fingerprint density at radius 1 is 1.33 bits per heavy atom. The Labute approximate surface area is 178 Å². The molecule has 2 aromatic heterocycles. The minimum absolute atomic E-state index is 0.145. The van der Waals surface area contributed by atoms with E-state index < -0.39 is 0 Å². The molecule has 1 unspecified atom stereocenters. The summed E-state index contributed by atoms with van der Waals surface area (Å²) in [7, 11) is 0. The zero-order valence-corrected chi connectivity index (χ0v) is 17.2. The quantitative estimate of drug-likeness (QED) is 0.617. The first-order valence-corrected chi connectivity index (χ1v) is 10.6. The second kappa shape index (κ2) is 7.50. The molecule has 10 nitrogen and oxygen atoms in total. The van der Waals surface area contributed by atoms with Gasteiger partial charge >= 0.3 is 0 Å². The Morgan fingerprint density at radius 2 is 2.20 bits per heavy atom. The van der Waals surface area contributed by atoms with E-state index in [9.17, 15) is 9.70 Å². The SMILES string of the molecule is O=NCCn1cc(Nc2ncc(Cl)c(N3CCC4C[C@]4(NC(=O)C4CC4)C3)n2)cn1. The first-order chi connectivity index (χ1) is 14.6. The lowest BCUT2D eigenvalue weighted by Gasteiger charge is -2.34. The maximum Gasteiger partial charge on any atom is 0.229 e. The molecule has 3 fully saturated rings. The van der Waals surface area contributed by atoms with Gasteiger partial charge in [0.15, 0.2) is 5.82 Å². The third-order valence-electron chi connectivity index (χ3n) is 6.11. The zero-order chi connectivity index (χ0) is 20.7. The monoisotopic (exact) mass is 430 g/mol. The number of anilines is 3. The van der Waals surface area contributed by atoms with Crippen LogP contribution in [0.3, 0.4) is 0 Å². The molecule has 0 spiro atoms. The fraction of sp³-hybridized carbons (Fsp3) is 0.579. The molecule has 1 amide bonds. The lowest BCUT2D eigenvalue weighted by atomic mass is 10.1. The molecule has 2 saturated carbocycles. The molecule has 1 aliphatic heterocycles. The maximum atomic E-state index is 12.3. The van der Waals surface area contributed by atoms with Crippen molar-refractivity contribution in [1.82, 2.24) is 25.1 Å². The van der Waals surface area contributed by atoms with Crippen LogP contribution >= 0.6 is 11.6 Å². The molecule has 11 heteroatoms. The molecule has 0 radical (unpaired) electrons. The van der Waals surface area contributed by atoms with Crippen molar-refractivity contribution in [2.45, 2.75) is 37.8 Å². The van der Waals surface area contributed by atoms with Gasteiger partial charge in [-0.15, -0.1) is 0 Å². The number of carbonyl (C=O) groups is 1. The largest absolute Gasteiger partial charge is 0.353 e. The number of fused-ring (bicyclic) bond motifs is 1. The van der Waals surface area contributed by atoms with Crippen LogP contribution in [0.15, 0.2) is 23.8 Å². The van der Waals surface area contributed by atoms with Crippen molar-refractivity contribution in [1.29, 1.82) is 0 Å². The number of carbonyl (C=O) groups excluding carboxylic acids is 1. The van der Waals surface area contributed by atoms with Crippen molar-refractivity contribution < 1.29 is 4.79 Å². The molecule has 0 aromatic carbocycles. The van der Waals surface area contributed by atoms with Gasteiger partial charge in [-0.05, 0) is 31.6 Å². The van der Waals surface area contributed by atoms with Crippen LogP contribution in [0.5, 0.6) is 0 Å². The number of nitrogens with zero attached hydrogens (tertiary/aromatic N) is 6. The molecule has 5 rings (SSSR count). The lowest BCUT2D eigenvalue weighted by molar-refractivity contribution is -0.123. The van der Waals surface area contributed by atoms with Gasteiger partial charge in [0.05, 0.1) is 30.2 Å². The normalized spacial score (nSPS) is 24.8. The average molecular weight is 431 g/mol. The Balaban J connectivity index is 1.29. The molecule has 2 aromatic rings. The standard InChI is InChI=1S/C19H23ClN8O2/c20-15-9-21-18(24-14-8-22-28(10-14)6-4-23-30)25-16(15)27-5-3-13-7-19(13,11-27)26-17(29)12-1-2-12/h8-10,12-13H,1-7,11H2,(H,26,29)(H,21,24,25)/t13?,19-/m0/s1. The highest BCUT2D eigenvalue weighted by Gasteiger charge is 2.58. The minimum Gasteiger partial charge on any atom is -0.353 e. The van der Waals surface area contributed by atoms with Crippen molar-refractivity contribution in [2.24, 2.45) is 17.0 Å². The summed E-state index contributed by atoms with van der Waals surface area (Å²) in [6.07, 6.45) is 9.02. The number of nitroso groups, excluding NO2 is 1. The predicted molar refractivity (Wildman–Crippen MR) is 112 cm³/mol. The summed E-state index contributed by atoms with van der Waals surface area (Å²) < 4.78 is 1.63. The number of nitrogens with one attached hydrogen (secondary N) is 2. The third kappa shape index (κ3) is 3.83. The molecular formula is C19H23ClN8O2. The number of rotatable bonds is 8. The van der Waals surface area contributed by atoms with Crippen molar-refractivity contribution >= 4 is 35.0 Å². The van der Waals surface area contributed by atoms with Gasteiger partial charge in [-0.25, -0.2) is 4.98 Å². The summed E-state index contributed by atoms with van der Waals surface area (Å²) in [5.41, 5.74) is 0.566. The fourth-order valence-electron chi connectivity index (χ4n) is 4.21. The van der Waals surface area contributed by atoms with Crippen LogP contribution in [0.25, 0.3) is 0 Å². The summed E-state index contributed by atoms with van der Waals surface area (Å²) in [6, 6.07) is 0.